The van der Waals surface area contributed by atoms with Gasteiger partial charge in [-0.25, -0.2) is 0 Å². The summed E-state index contributed by atoms with van der Waals surface area (Å²) in [5.74, 6) is 0.0960. The Morgan fingerprint density at radius 1 is 0.828 bits per heavy atom. The molecule has 3 heteroatoms. The minimum absolute atomic E-state index is 0.0960. The number of amides is 1. The highest BCUT2D eigenvalue weighted by molar-refractivity contribution is 5.89. The fraction of sp³-hybridized carbons (Fsp3) is 0.192. The van der Waals surface area contributed by atoms with Crippen LogP contribution >= 0.6 is 0 Å². The first-order valence-corrected chi connectivity index (χ1v) is 9.93. The van der Waals surface area contributed by atoms with Crippen LogP contribution in [0.5, 0.6) is 0 Å². The van der Waals surface area contributed by atoms with Crippen LogP contribution < -0.4 is 0 Å². The predicted octanol–water partition coefficient (Wildman–Crippen LogP) is 5.82. The lowest BCUT2D eigenvalue weighted by Gasteiger charge is -2.23. The van der Waals surface area contributed by atoms with Gasteiger partial charge in [0.15, 0.2) is 0 Å². The molecule has 0 fully saturated rings. The average Bonchev–Trinajstić information content (AvgIpc) is 3.15. The molecule has 0 spiro atoms. The Labute approximate surface area is 171 Å². The molecule has 4 rings (SSSR count). The summed E-state index contributed by atoms with van der Waals surface area (Å²) in [5.41, 5.74) is 6.40. The van der Waals surface area contributed by atoms with Crippen molar-refractivity contribution in [1.82, 2.24) is 4.90 Å². The number of hydrogen-bond donors (Lipinski definition) is 0. The number of fused-ring (bicyclic) bond motifs is 1. The van der Waals surface area contributed by atoms with Gasteiger partial charge in [0.05, 0.1) is 12.7 Å². The lowest BCUT2D eigenvalue weighted by molar-refractivity contribution is -0.131. The molecule has 3 nitrogen and oxygen atoms in total. The second-order valence-electron chi connectivity index (χ2n) is 7.54. The minimum Gasteiger partial charge on any atom is -0.464 e. The lowest BCUT2D eigenvalue weighted by atomic mass is 10.0. The van der Waals surface area contributed by atoms with Crippen molar-refractivity contribution in [2.24, 2.45) is 0 Å². The van der Waals surface area contributed by atoms with E-state index < -0.39 is 0 Å². The Kier molecular flexibility index (Phi) is 5.48. The molecule has 0 aliphatic carbocycles. The van der Waals surface area contributed by atoms with E-state index in [0.717, 1.165) is 33.2 Å². The molecular formula is C26H25NO2. The molecule has 0 N–H and O–H groups in total. The van der Waals surface area contributed by atoms with Crippen molar-refractivity contribution in [1.29, 1.82) is 0 Å². The van der Waals surface area contributed by atoms with Crippen LogP contribution in [-0.2, 0) is 24.3 Å². The van der Waals surface area contributed by atoms with Crippen molar-refractivity contribution in [3.8, 4) is 0 Å². The molecule has 1 amide bonds. The SMILES string of the molecule is Cc1ccc2c(CC(=O)N(Cc3ccccc3)Cc3ccccc3)coc2c1C. The monoisotopic (exact) mass is 383 g/mol. The van der Waals surface area contributed by atoms with Crippen LogP contribution in [0.2, 0.25) is 0 Å². The zero-order chi connectivity index (χ0) is 20.2. The van der Waals surface area contributed by atoms with Gasteiger partial charge in [-0.1, -0.05) is 72.8 Å². The summed E-state index contributed by atoms with van der Waals surface area (Å²) in [6, 6.07) is 24.4. The zero-order valence-corrected chi connectivity index (χ0v) is 16.9. The van der Waals surface area contributed by atoms with Gasteiger partial charge in [-0.3, -0.25) is 4.79 Å². The van der Waals surface area contributed by atoms with E-state index in [2.05, 4.69) is 50.2 Å². The maximum atomic E-state index is 13.3. The van der Waals surface area contributed by atoms with Gasteiger partial charge in [0, 0.05) is 24.0 Å². The fourth-order valence-corrected chi connectivity index (χ4v) is 3.64. The Bertz CT molecular complexity index is 1070. The van der Waals surface area contributed by atoms with Gasteiger partial charge in [0.2, 0.25) is 5.91 Å². The minimum atomic E-state index is 0.0960. The van der Waals surface area contributed by atoms with E-state index in [1.165, 1.54) is 5.56 Å². The highest BCUT2D eigenvalue weighted by Crippen LogP contribution is 2.27. The van der Waals surface area contributed by atoms with Crippen LogP contribution in [0.1, 0.15) is 27.8 Å². The highest BCUT2D eigenvalue weighted by atomic mass is 16.3. The second kappa shape index (κ2) is 8.36. The third-order valence-electron chi connectivity index (χ3n) is 5.47. The van der Waals surface area contributed by atoms with E-state index in [0.29, 0.717) is 19.5 Å². The van der Waals surface area contributed by atoms with E-state index in [4.69, 9.17) is 4.42 Å². The Morgan fingerprint density at radius 2 is 1.41 bits per heavy atom. The summed E-state index contributed by atoms with van der Waals surface area (Å²) >= 11 is 0. The van der Waals surface area contributed by atoms with E-state index >= 15 is 0 Å². The number of carbonyl (C=O) groups is 1. The normalized spacial score (nSPS) is 11.0. The van der Waals surface area contributed by atoms with Crippen LogP contribution in [0.15, 0.2) is 83.5 Å². The van der Waals surface area contributed by atoms with Gasteiger partial charge in [-0.05, 0) is 36.1 Å². The number of furan rings is 1. The Hall–Kier alpha value is -3.33. The smallest absolute Gasteiger partial charge is 0.227 e. The largest absolute Gasteiger partial charge is 0.464 e. The van der Waals surface area contributed by atoms with Crippen molar-refractivity contribution in [3.63, 3.8) is 0 Å². The third-order valence-corrected chi connectivity index (χ3v) is 5.47. The molecule has 3 aromatic carbocycles. The molecule has 1 aromatic heterocycles. The van der Waals surface area contributed by atoms with Crippen molar-refractivity contribution >= 4 is 16.9 Å². The first kappa shape index (κ1) is 19.0. The first-order chi connectivity index (χ1) is 14.1. The van der Waals surface area contributed by atoms with Crippen LogP contribution in [0.4, 0.5) is 0 Å². The third kappa shape index (κ3) is 4.24. The molecule has 0 aliphatic heterocycles. The van der Waals surface area contributed by atoms with Crippen LogP contribution in [0, 0.1) is 13.8 Å². The maximum absolute atomic E-state index is 13.3. The molecule has 1 heterocycles. The highest BCUT2D eigenvalue weighted by Gasteiger charge is 2.18. The number of benzene rings is 3. The van der Waals surface area contributed by atoms with Crippen LogP contribution in [0.3, 0.4) is 0 Å². The summed E-state index contributed by atoms with van der Waals surface area (Å²) in [6.07, 6.45) is 2.06. The lowest BCUT2D eigenvalue weighted by Crippen LogP contribution is -2.31. The zero-order valence-electron chi connectivity index (χ0n) is 16.9. The van der Waals surface area contributed by atoms with Gasteiger partial charge in [-0.15, -0.1) is 0 Å². The van der Waals surface area contributed by atoms with Gasteiger partial charge < -0.3 is 9.32 Å². The number of carbonyl (C=O) groups excluding carboxylic acids is 1. The molecule has 0 atom stereocenters. The Balaban J connectivity index is 1.60. The van der Waals surface area contributed by atoms with Crippen molar-refractivity contribution in [3.05, 3.63) is 107 Å². The molecule has 146 valence electrons. The topological polar surface area (TPSA) is 33.5 Å². The molecule has 0 radical (unpaired) electrons. The molecule has 4 aromatic rings. The van der Waals surface area contributed by atoms with Gasteiger partial charge in [-0.2, -0.15) is 0 Å². The average molecular weight is 383 g/mol. The molecule has 0 bridgehead atoms. The summed E-state index contributed by atoms with van der Waals surface area (Å²) in [5, 5.41) is 1.03. The predicted molar refractivity (Wildman–Crippen MR) is 117 cm³/mol. The van der Waals surface area contributed by atoms with Gasteiger partial charge >= 0.3 is 0 Å². The van der Waals surface area contributed by atoms with E-state index in [9.17, 15) is 4.79 Å². The number of nitrogens with zero attached hydrogens (tertiary/aromatic N) is 1. The fourth-order valence-electron chi connectivity index (χ4n) is 3.64. The summed E-state index contributed by atoms with van der Waals surface area (Å²) < 4.78 is 5.81. The molecule has 0 unspecified atom stereocenters. The number of aryl methyl sites for hydroxylation is 2. The number of rotatable bonds is 6. The van der Waals surface area contributed by atoms with E-state index in [1.807, 2.05) is 41.3 Å². The quantitative estimate of drug-likeness (QED) is 0.420. The van der Waals surface area contributed by atoms with Gasteiger partial charge in [0.1, 0.15) is 5.58 Å². The first-order valence-electron chi connectivity index (χ1n) is 9.93. The van der Waals surface area contributed by atoms with E-state index in [1.54, 1.807) is 6.26 Å². The summed E-state index contributed by atoms with van der Waals surface area (Å²) in [4.78, 5) is 15.2. The molecule has 0 saturated carbocycles. The van der Waals surface area contributed by atoms with Crippen molar-refractivity contribution < 1.29 is 9.21 Å². The molecule has 29 heavy (non-hydrogen) atoms. The van der Waals surface area contributed by atoms with Crippen molar-refractivity contribution in [2.75, 3.05) is 0 Å². The summed E-state index contributed by atoms with van der Waals surface area (Å²) in [6.45, 7) is 5.30. The van der Waals surface area contributed by atoms with Gasteiger partial charge in [0.25, 0.3) is 0 Å². The molecule has 0 aliphatic rings. The van der Waals surface area contributed by atoms with Crippen molar-refractivity contribution in [2.45, 2.75) is 33.4 Å². The Morgan fingerprint density at radius 3 is 2.00 bits per heavy atom. The molecule has 0 saturated heterocycles. The van der Waals surface area contributed by atoms with Crippen LogP contribution in [-0.4, -0.2) is 10.8 Å². The second-order valence-corrected chi connectivity index (χ2v) is 7.54. The summed E-state index contributed by atoms with van der Waals surface area (Å²) in [7, 11) is 0. The molecular weight excluding hydrogens is 358 g/mol. The van der Waals surface area contributed by atoms with Crippen LogP contribution in [0.25, 0.3) is 11.0 Å². The number of hydrogen-bond acceptors (Lipinski definition) is 2. The van der Waals surface area contributed by atoms with E-state index in [-0.39, 0.29) is 5.91 Å². The maximum Gasteiger partial charge on any atom is 0.227 e. The standard InChI is InChI=1S/C26H25NO2/c1-19-13-14-24-23(18-29-26(24)20(19)2)15-25(28)27(16-21-9-5-3-6-10-21)17-22-11-7-4-8-12-22/h3-14,18H,15-17H2,1-2H3.